The number of nitrogens with zero attached hydrogens (tertiary/aromatic N) is 2. The Bertz CT molecular complexity index is 669. The van der Waals surface area contributed by atoms with E-state index in [0.29, 0.717) is 31.6 Å². The van der Waals surface area contributed by atoms with Gasteiger partial charge in [-0.3, -0.25) is 14.4 Å². The third kappa shape index (κ3) is 4.87. The SMILES string of the molecule is CCC(=O)N1CCCC(C(=O)NC2CCN(C(=O)c3ccccc3)CC2)C1. The van der Waals surface area contributed by atoms with E-state index in [4.69, 9.17) is 0 Å². The maximum atomic E-state index is 12.6. The van der Waals surface area contributed by atoms with Gasteiger partial charge in [-0.1, -0.05) is 25.1 Å². The number of likely N-dealkylation sites (tertiary alicyclic amines) is 2. The second kappa shape index (κ2) is 9.02. The van der Waals surface area contributed by atoms with Crippen LogP contribution in [0.4, 0.5) is 0 Å². The summed E-state index contributed by atoms with van der Waals surface area (Å²) >= 11 is 0. The Morgan fingerprint density at radius 3 is 2.37 bits per heavy atom. The van der Waals surface area contributed by atoms with Gasteiger partial charge in [0.25, 0.3) is 5.91 Å². The molecule has 1 aromatic carbocycles. The summed E-state index contributed by atoms with van der Waals surface area (Å²) in [7, 11) is 0. The zero-order valence-electron chi connectivity index (χ0n) is 16.0. The molecule has 6 nitrogen and oxygen atoms in total. The van der Waals surface area contributed by atoms with Crippen LogP contribution in [0, 0.1) is 5.92 Å². The number of rotatable bonds is 4. The zero-order valence-corrected chi connectivity index (χ0v) is 16.0. The van der Waals surface area contributed by atoms with E-state index >= 15 is 0 Å². The van der Waals surface area contributed by atoms with E-state index in [1.54, 1.807) is 0 Å². The van der Waals surface area contributed by atoms with Crippen molar-refractivity contribution >= 4 is 17.7 Å². The molecule has 146 valence electrons. The monoisotopic (exact) mass is 371 g/mol. The fourth-order valence-electron chi connectivity index (χ4n) is 3.95. The van der Waals surface area contributed by atoms with Gasteiger partial charge in [0.2, 0.25) is 11.8 Å². The van der Waals surface area contributed by atoms with Gasteiger partial charge in [0.05, 0.1) is 5.92 Å². The molecule has 2 fully saturated rings. The summed E-state index contributed by atoms with van der Waals surface area (Å²) in [6.45, 7) is 4.46. The highest BCUT2D eigenvalue weighted by Crippen LogP contribution is 2.19. The van der Waals surface area contributed by atoms with Crippen LogP contribution < -0.4 is 5.32 Å². The second-order valence-corrected chi connectivity index (χ2v) is 7.47. The average molecular weight is 371 g/mol. The van der Waals surface area contributed by atoms with Crippen molar-refractivity contribution in [2.75, 3.05) is 26.2 Å². The molecule has 3 amide bonds. The van der Waals surface area contributed by atoms with Gasteiger partial charge in [-0.05, 0) is 37.8 Å². The van der Waals surface area contributed by atoms with Crippen molar-refractivity contribution in [2.45, 2.75) is 45.1 Å². The van der Waals surface area contributed by atoms with E-state index in [-0.39, 0.29) is 29.7 Å². The molecule has 2 heterocycles. The highest BCUT2D eigenvalue weighted by Gasteiger charge is 2.30. The van der Waals surface area contributed by atoms with Crippen LogP contribution in [-0.4, -0.2) is 59.7 Å². The van der Waals surface area contributed by atoms with Gasteiger partial charge in [-0.15, -0.1) is 0 Å². The predicted octanol–water partition coefficient (Wildman–Crippen LogP) is 2.06. The van der Waals surface area contributed by atoms with Gasteiger partial charge in [-0.2, -0.15) is 0 Å². The number of nitrogens with one attached hydrogen (secondary N) is 1. The standard InChI is InChI=1S/C21H29N3O3/c1-2-19(25)24-12-6-9-17(15-24)20(26)22-18-10-13-23(14-11-18)21(27)16-7-4-3-5-8-16/h3-5,7-8,17-18H,2,6,9-15H2,1H3,(H,22,26). The number of amides is 3. The zero-order chi connectivity index (χ0) is 19.2. The maximum Gasteiger partial charge on any atom is 0.253 e. The lowest BCUT2D eigenvalue weighted by atomic mass is 9.95. The van der Waals surface area contributed by atoms with Crippen molar-refractivity contribution in [2.24, 2.45) is 5.92 Å². The minimum absolute atomic E-state index is 0.0523. The van der Waals surface area contributed by atoms with Gasteiger partial charge >= 0.3 is 0 Å². The summed E-state index contributed by atoms with van der Waals surface area (Å²) in [5, 5.41) is 3.15. The molecule has 2 aliphatic heterocycles. The van der Waals surface area contributed by atoms with Crippen molar-refractivity contribution in [1.29, 1.82) is 0 Å². The number of hydrogen-bond acceptors (Lipinski definition) is 3. The first-order valence-electron chi connectivity index (χ1n) is 10.0. The van der Waals surface area contributed by atoms with Gasteiger partial charge in [0.15, 0.2) is 0 Å². The topological polar surface area (TPSA) is 69.7 Å². The number of carbonyl (C=O) groups is 3. The van der Waals surface area contributed by atoms with Crippen molar-refractivity contribution in [3.8, 4) is 0 Å². The molecule has 0 aliphatic carbocycles. The number of carbonyl (C=O) groups excluding carboxylic acids is 3. The Hall–Kier alpha value is -2.37. The summed E-state index contributed by atoms with van der Waals surface area (Å²) < 4.78 is 0. The molecule has 0 spiro atoms. The van der Waals surface area contributed by atoms with Gasteiger partial charge in [0.1, 0.15) is 0 Å². The number of hydrogen-bond donors (Lipinski definition) is 1. The van der Waals surface area contributed by atoms with Gasteiger partial charge in [0, 0.05) is 44.2 Å². The maximum absolute atomic E-state index is 12.6. The normalized spacial score (nSPS) is 21.0. The molecule has 1 N–H and O–H groups in total. The predicted molar refractivity (Wildman–Crippen MR) is 103 cm³/mol. The van der Waals surface area contributed by atoms with Crippen LogP contribution in [0.25, 0.3) is 0 Å². The van der Waals surface area contributed by atoms with Crippen LogP contribution >= 0.6 is 0 Å². The molecule has 2 saturated heterocycles. The van der Waals surface area contributed by atoms with E-state index in [1.165, 1.54) is 0 Å². The van der Waals surface area contributed by atoms with Crippen LogP contribution in [0.15, 0.2) is 30.3 Å². The third-order valence-electron chi connectivity index (χ3n) is 5.60. The quantitative estimate of drug-likeness (QED) is 0.881. The molecular weight excluding hydrogens is 342 g/mol. The second-order valence-electron chi connectivity index (χ2n) is 7.47. The Morgan fingerprint density at radius 2 is 1.70 bits per heavy atom. The molecule has 0 aromatic heterocycles. The van der Waals surface area contributed by atoms with E-state index < -0.39 is 0 Å². The molecule has 1 unspecified atom stereocenters. The van der Waals surface area contributed by atoms with Crippen molar-refractivity contribution in [3.05, 3.63) is 35.9 Å². The fraction of sp³-hybridized carbons (Fsp3) is 0.571. The van der Waals surface area contributed by atoms with E-state index in [9.17, 15) is 14.4 Å². The number of piperidine rings is 2. The smallest absolute Gasteiger partial charge is 0.253 e. The molecule has 0 saturated carbocycles. The first kappa shape index (κ1) is 19.4. The van der Waals surface area contributed by atoms with Crippen molar-refractivity contribution in [3.63, 3.8) is 0 Å². The lowest BCUT2D eigenvalue weighted by Gasteiger charge is -2.35. The minimum Gasteiger partial charge on any atom is -0.353 e. The van der Waals surface area contributed by atoms with E-state index in [2.05, 4.69) is 5.32 Å². The molecule has 0 radical (unpaired) electrons. The minimum atomic E-state index is -0.113. The first-order chi connectivity index (χ1) is 13.1. The van der Waals surface area contributed by atoms with Crippen LogP contribution in [0.1, 0.15) is 49.4 Å². The highest BCUT2D eigenvalue weighted by molar-refractivity contribution is 5.94. The highest BCUT2D eigenvalue weighted by atomic mass is 16.2. The van der Waals surface area contributed by atoms with Gasteiger partial charge in [-0.25, -0.2) is 0 Å². The van der Waals surface area contributed by atoms with Crippen molar-refractivity contribution in [1.82, 2.24) is 15.1 Å². The lowest BCUT2D eigenvalue weighted by molar-refractivity contribution is -0.135. The van der Waals surface area contributed by atoms with Crippen LogP contribution in [0.5, 0.6) is 0 Å². The summed E-state index contributed by atoms with van der Waals surface area (Å²) in [6, 6.07) is 9.42. The molecule has 1 aromatic rings. The van der Waals surface area contributed by atoms with Crippen LogP contribution in [0.2, 0.25) is 0 Å². The summed E-state index contributed by atoms with van der Waals surface area (Å²) in [6.07, 6.45) is 3.75. The summed E-state index contributed by atoms with van der Waals surface area (Å²) in [5.41, 5.74) is 0.711. The number of benzene rings is 1. The molecule has 2 aliphatic rings. The molecule has 3 rings (SSSR count). The fourth-order valence-corrected chi connectivity index (χ4v) is 3.95. The molecule has 1 atom stereocenters. The average Bonchev–Trinajstić information content (AvgIpc) is 2.74. The Labute approximate surface area is 160 Å². The molecule has 6 heteroatoms. The Kier molecular flexibility index (Phi) is 6.48. The Morgan fingerprint density at radius 1 is 1.00 bits per heavy atom. The summed E-state index contributed by atoms with van der Waals surface area (Å²) in [5.74, 6) is 0.122. The van der Waals surface area contributed by atoms with Crippen LogP contribution in [0.3, 0.4) is 0 Å². The van der Waals surface area contributed by atoms with E-state index in [1.807, 2.05) is 47.1 Å². The molecule has 0 bridgehead atoms. The van der Waals surface area contributed by atoms with Gasteiger partial charge < -0.3 is 15.1 Å². The first-order valence-corrected chi connectivity index (χ1v) is 10.0. The largest absolute Gasteiger partial charge is 0.353 e. The van der Waals surface area contributed by atoms with Crippen LogP contribution in [-0.2, 0) is 9.59 Å². The Balaban J connectivity index is 1.47. The summed E-state index contributed by atoms with van der Waals surface area (Å²) in [4.78, 5) is 40.7. The van der Waals surface area contributed by atoms with E-state index in [0.717, 1.165) is 32.2 Å². The van der Waals surface area contributed by atoms with Crippen molar-refractivity contribution < 1.29 is 14.4 Å². The third-order valence-corrected chi connectivity index (χ3v) is 5.60. The molecular formula is C21H29N3O3. The molecule has 27 heavy (non-hydrogen) atoms. The lowest BCUT2D eigenvalue weighted by Crippen LogP contribution is -2.50.